The molecule has 1 fully saturated rings. The second kappa shape index (κ2) is 4.84. The standard InChI is InChI=1S/C13H19NO4/c1-3-9(2)13(16)18-8-10-4-6-14(17)7-5-11(15)12(10)14/h3-4,11-12,15H,5-8H2,1-2H3/b9-3-/t11-,12-,14+/m1/s1. The molecule has 3 atom stereocenters. The van der Waals surface area contributed by atoms with Crippen LogP contribution in [0.1, 0.15) is 20.3 Å². The maximum absolute atomic E-state index is 12.3. The molecular formula is C13H19NO4. The summed E-state index contributed by atoms with van der Waals surface area (Å²) in [5, 5.41) is 22.1. The van der Waals surface area contributed by atoms with Crippen molar-refractivity contribution in [3.63, 3.8) is 0 Å². The van der Waals surface area contributed by atoms with Gasteiger partial charge in [-0.2, -0.15) is 0 Å². The number of allylic oxidation sites excluding steroid dienone is 1. The number of carbonyl (C=O) groups excluding carboxylic acids is 1. The lowest BCUT2D eigenvalue weighted by molar-refractivity contribution is -0.877. The van der Waals surface area contributed by atoms with Gasteiger partial charge in [-0.05, 0) is 19.9 Å². The van der Waals surface area contributed by atoms with Gasteiger partial charge in [-0.25, -0.2) is 4.79 Å². The molecule has 0 aliphatic carbocycles. The van der Waals surface area contributed by atoms with Gasteiger partial charge in [0.15, 0.2) is 0 Å². The second-order valence-electron chi connectivity index (χ2n) is 4.99. The van der Waals surface area contributed by atoms with Crippen molar-refractivity contribution in [2.24, 2.45) is 0 Å². The van der Waals surface area contributed by atoms with Crippen LogP contribution in [0.2, 0.25) is 0 Å². The van der Waals surface area contributed by atoms with Gasteiger partial charge in [-0.3, -0.25) is 0 Å². The van der Waals surface area contributed by atoms with Crippen LogP contribution in [0.15, 0.2) is 23.3 Å². The number of hydrogen-bond donors (Lipinski definition) is 1. The molecule has 2 rings (SSSR count). The van der Waals surface area contributed by atoms with Crippen LogP contribution in [-0.2, 0) is 9.53 Å². The molecule has 0 bridgehead atoms. The van der Waals surface area contributed by atoms with E-state index in [0.717, 1.165) is 5.57 Å². The Hall–Kier alpha value is -1.17. The number of aliphatic hydroxyl groups excluding tert-OH is 1. The number of fused-ring (bicyclic) bond motifs is 1. The van der Waals surface area contributed by atoms with Crippen LogP contribution in [0.4, 0.5) is 0 Å². The Morgan fingerprint density at radius 2 is 2.44 bits per heavy atom. The zero-order chi connectivity index (χ0) is 13.3. The fraction of sp³-hybridized carbons (Fsp3) is 0.615. The van der Waals surface area contributed by atoms with Gasteiger partial charge in [0, 0.05) is 17.6 Å². The number of rotatable bonds is 3. The van der Waals surface area contributed by atoms with Crippen LogP contribution in [0.25, 0.3) is 0 Å². The van der Waals surface area contributed by atoms with Gasteiger partial charge >= 0.3 is 5.97 Å². The number of hydrogen-bond acceptors (Lipinski definition) is 4. The van der Waals surface area contributed by atoms with Crippen molar-refractivity contribution in [3.8, 4) is 0 Å². The predicted molar refractivity (Wildman–Crippen MR) is 66.2 cm³/mol. The minimum Gasteiger partial charge on any atom is -0.632 e. The third-order valence-electron chi connectivity index (χ3n) is 3.84. The van der Waals surface area contributed by atoms with E-state index in [2.05, 4.69) is 0 Å². The summed E-state index contributed by atoms with van der Waals surface area (Å²) in [7, 11) is 0. The fourth-order valence-electron chi connectivity index (χ4n) is 2.63. The molecule has 0 unspecified atom stereocenters. The highest BCUT2D eigenvalue weighted by molar-refractivity contribution is 5.87. The Bertz CT molecular complexity index is 415. The summed E-state index contributed by atoms with van der Waals surface area (Å²) in [6.07, 6.45) is 3.40. The number of nitrogens with zero attached hydrogens (tertiary/aromatic N) is 1. The SMILES string of the molecule is C/C=C(/C)C(=O)OCC1=CC[N@+]2([O-])CC[C@@H](O)[C@@H]12. The molecule has 2 aliphatic heterocycles. The largest absolute Gasteiger partial charge is 0.632 e. The van der Waals surface area contributed by atoms with E-state index in [-0.39, 0.29) is 12.6 Å². The summed E-state index contributed by atoms with van der Waals surface area (Å²) >= 11 is 0. The number of aliphatic hydroxyl groups is 1. The first-order valence-electron chi connectivity index (χ1n) is 6.23. The molecule has 100 valence electrons. The summed E-state index contributed by atoms with van der Waals surface area (Å²) in [6.45, 7) is 4.37. The van der Waals surface area contributed by atoms with E-state index >= 15 is 0 Å². The Labute approximate surface area is 107 Å². The summed E-state index contributed by atoms with van der Waals surface area (Å²) in [6, 6.07) is -0.441. The predicted octanol–water partition coefficient (Wildman–Crippen LogP) is 0.884. The number of hydroxylamine groups is 3. The Kier molecular flexibility index (Phi) is 3.56. The number of ether oxygens (including phenoxy) is 1. The van der Waals surface area contributed by atoms with E-state index in [1.807, 2.05) is 0 Å². The summed E-state index contributed by atoms with van der Waals surface area (Å²) < 4.78 is 4.75. The van der Waals surface area contributed by atoms with Crippen molar-refractivity contribution in [2.75, 3.05) is 19.7 Å². The van der Waals surface area contributed by atoms with Gasteiger partial charge in [0.1, 0.15) is 18.8 Å². The minimum atomic E-state index is -0.613. The average molecular weight is 253 g/mol. The molecule has 1 saturated heterocycles. The molecule has 0 aromatic heterocycles. The van der Waals surface area contributed by atoms with Crippen molar-refractivity contribution in [3.05, 3.63) is 28.5 Å². The topological polar surface area (TPSA) is 69.6 Å². The molecule has 0 radical (unpaired) electrons. The minimum absolute atomic E-state index is 0.105. The fourth-order valence-corrected chi connectivity index (χ4v) is 2.63. The van der Waals surface area contributed by atoms with Crippen LogP contribution in [-0.4, -0.2) is 47.6 Å². The van der Waals surface area contributed by atoms with Gasteiger partial charge in [0.05, 0.1) is 13.1 Å². The summed E-state index contributed by atoms with van der Waals surface area (Å²) in [5.74, 6) is -0.373. The van der Waals surface area contributed by atoms with Crippen molar-refractivity contribution in [1.29, 1.82) is 0 Å². The lowest BCUT2D eigenvalue weighted by Gasteiger charge is -2.40. The summed E-state index contributed by atoms with van der Waals surface area (Å²) in [4.78, 5) is 11.5. The molecule has 0 saturated carbocycles. The molecule has 18 heavy (non-hydrogen) atoms. The lowest BCUT2D eigenvalue weighted by atomic mass is 10.1. The molecule has 0 spiro atoms. The number of quaternary nitrogens is 1. The van der Waals surface area contributed by atoms with Gasteiger partial charge in [-0.1, -0.05) is 6.08 Å². The van der Waals surface area contributed by atoms with E-state index < -0.39 is 16.8 Å². The second-order valence-corrected chi connectivity index (χ2v) is 4.99. The number of carbonyl (C=O) groups is 1. The van der Waals surface area contributed by atoms with Crippen LogP contribution in [0.5, 0.6) is 0 Å². The highest BCUT2D eigenvalue weighted by Gasteiger charge is 2.47. The van der Waals surface area contributed by atoms with Crippen LogP contribution in [0.3, 0.4) is 0 Å². The Balaban J connectivity index is 1.97. The maximum Gasteiger partial charge on any atom is 0.333 e. The van der Waals surface area contributed by atoms with Crippen molar-refractivity contribution < 1.29 is 19.3 Å². The van der Waals surface area contributed by atoms with Crippen molar-refractivity contribution >= 4 is 5.97 Å². The van der Waals surface area contributed by atoms with Crippen LogP contribution >= 0.6 is 0 Å². The first-order chi connectivity index (χ1) is 8.48. The molecule has 0 aromatic carbocycles. The highest BCUT2D eigenvalue weighted by Crippen LogP contribution is 2.36. The summed E-state index contributed by atoms with van der Waals surface area (Å²) in [5.41, 5.74) is 1.30. The third kappa shape index (κ3) is 2.21. The lowest BCUT2D eigenvalue weighted by Crippen LogP contribution is -2.46. The maximum atomic E-state index is 12.3. The smallest absolute Gasteiger partial charge is 0.333 e. The Morgan fingerprint density at radius 3 is 3.11 bits per heavy atom. The highest BCUT2D eigenvalue weighted by atomic mass is 16.6. The van der Waals surface area contributed by atoms with E-state index in [9.17, 15) is 15.1 Å². The van der Waals surface area contributed by atoms with Gasteiger partial charge < -0.3 is 19.7 Å². The quantitative estimate of drug-likeness (QED) is 0.266. The van der Waals surface area contributed by atoms with Crippen molar-refractivity contribution in [1.82, 2.24) is 0 Å². The van der Waals surface area contributed by atoms with E-state index in [1.54, 1.807) is 26.0 Å². The Morgan fingerprint density at radius 1 is 1.72 bits per heavy atom. The molecule has 5 nitrogen and oxygen atoms in total. The van der Waals surface area contributed by atoms with Crippen LogP contribution < -0.4 is 0 Å². The van der Waals surface area contributed by atoms with Crippen molar-refractivity contribution in [2.45, 2.75) is 32.4 Å². The molecule has 5 heteroatoms. The molecule has 2 heterocycles. The third-order valence-corrected chi connectivity index (χ3v) is 3.84. The molecular weight excluding hydrogens is 234 g/mol. The van der Waals surface area contributed by atoms with E-state index in [1.165, 1.54) is 0 Å². The monoisotopic (exact) mass is 253 g/mol. The number of esters is 1. The first kappa shape index (κ1) is 13.3. The molecule has 0 aromatic rings. The average Bonchev–Trinajstić information content (AvgIpc) is 2.83. The van der Waals surface area contributed by atoms with Crippen LogP contribution in [0, 0.1) is 5.21 Å². The van der Waals surface area contributed by atoms with E-state index in [0.29, 0.717) is 25.1 Å². The zero-order valence-corrected chi connectivity index (χ0v) is 10.8. The normalized spacial score (nSPS) is 35.3. The molecule has 1 N–H and O–H groups in total. The first-order valence-corrected chi connectivity index (χ1v) is 6.23. The zero-order valence-electron chi connectivity index (χ0n) is 10.8. The molecule has 0 amide bonds. The van der Waals surface area contributed by atoms with Gasteiger partial charge in [0.2, 0.25) is 0 Å². The van der Waals surface area contributed by atoms with Gasteiger partial charge in [0.25, 0.3) is 0 Å². The molecule has 2 aliphatic rings. The van der Waals surface area contributed by atoms with Gasteiger partial charge in [-0.15, -0.1) is 0 Å². The van der Waals surface area contributed by atoms with E-state index in [4.69, 9.17) is 4.74 Å².